The SMILES string of the molecule is CCNC1CCCc2cc(OCCC(=O)NC)ccc21. The standard InChI is InChI=1S/C16H24N2O2/c1-3-18-15-6-4-5-12-11-13(7-8-14(12)15)20-10-9-16(19)17-2/h7-8,11,15,18H,3-6,9-10H2,1-2H3,(H,17,19). The highest BCUT2D eigenvalue weighted by Gasteiger charge is 2.19. The van der Waals surface area contributed by atoms with Crippen LogP contribution in [0.15, 0.2) is 18.2 Å². The summed E-state index contributed by atoms with van der Waals surface area (Å²) in [6, 6.07) is 6.78. The maximum atomic E-state index is 11.2. The Labute approximate surface area is 120 Å². The molecule has 0 saturated carbocycles. The summed E-state index contributed by atoms with van der Waals surface area (Å²) in [6.07, 6.45) is 3.93. The average molecular weight is 276 g/mol. The molecule has 1 aliphatic carbocycles. The summed E-state index contributed by atoms with van der Waals surface area (Å²) in [5.41, 5.74) is 2.77. The number of aryl methyl sites for hydroxylation is 1. The topological polar surface area (TPSA) is 50.4 Å². The molecule has 1 aliphatic rings. The molecule has 0 heterocycles. The number of amides is 1. The Morgan fingerprint density at radius 1 is 1.45 bits per heavy atom. The van der Waals surface area contributed by atoms with Crippen molar-refractivity contribution in [3.05, 3.63) is 29.3 Å². The summed E-state index contributed by atoms with van der Waals surface area (Å²) in [5.74, 6) is 0.875. The van der Waals surface area contributed by atoms with E-state index in [1.165, 1.54) is 24.0 Å². The molecule has 110 valence electrons. The molecule has 0 bridgehead atoms. The number of carbonyl (C=O) groups is 1. The molecule has 1 unspecified atom stereocenters. The van der Waals surface area contributed by atoms with Crippen molar-refractivity contribution >= 4 is 5.91 Å². The monoisotopic (exact) mass is 276 g/mol. The molecule has 0 saturated heterocycles. The van der Waals surface area contributed by atoms with E-state index in [-0.39, 0.29) is 5.91 Å². The highest BCUT2D eigenvalue weighted by Crippen LogP contribution is 2.32. The first kappa shape index (κ1) is 14.9. The van der Waals surface area contributed by atoms with E-state index in [9.17, 15) is 4.79 Å². The van der Waals surface area contributed by atoms with Gasteiger partial charge < -0.3 is 15.4 Å². The van der Waals surface area contributed by atoms with Crippen LogP contribution in [-0.2, 0) is 11.2 Å². The summed E-state index contributed by atoms with van der Waals surface area (Å²) in [4.78, 5) is 11.2. The van der Waals surface area contributed by atoms with E-state index in [0.717, 1.165) is 18.7 Å². The van der Waals surface area contributed by atoms with Gasteiger partial charge >= 0.3 is 0 Å². The van der Waals surface area contributed by atoms with Gasteiger partial charge in [-0.2, -0.15) is 0 Å². The maximum Gasteiger partial charge on any atom is 0.223 e. The molecule has 0 radical (unpaired) electrons. The van der Waals surface area contributed by atoms with Crippen molar-refractivity contribution < 1.29 is 9.53 Å². The molecule has 4 nitrogen and oxygen atoms in total. The summed E-state index contributed by atoms with van der Waals surface area (Å²) >= 11 is 0. The van der Waals surface area contributed by atoms with Crippen LogP contribution in [0.25, 0.3) is 0 Å². The van der Waals surface area contributed by atoms with Crippen molar-refractivity contribution in [3.8, 4) is 5.75 Å². The van der Waals surface area contributed by atoms with E-state index >= 15 is 0 Å². The van der Waals surface area contributed by atoms with Crippen molar-refractivity contribution in [2.24, 2.45) is 0 Å². The third-order valence-corrected chi connectivity index (χ3v) is 3.76. The zero-order valence-electron chi connectivity index (χ0n) is 12.4. The Morgan fingerprint density at radius 3 is 3.05 bits per heavy atom. The average Bonchev–Trinajstić information content (AvgIpc) is 2.47. The van der Waals surface area contributed by atoms with Crippen LogP contribution >= 0.6 is 0 Å². The highest BCUT2D eigenvalue weighted by molar-refractivity contribution is 5.75. The molecule has 4 heteroatoms. The zero-order chi connectivity index (χ0) is 14.4. The number of hydrogen-bond donors (Lipinski definition) is 2. The van der Waals surface area contributed by atoms with E-state index in [4.69, 9.17) is 4.74 Å². The number of carbonyl (C=O) groups excluding carboxylic acids is 1. The fourth-order valence-electron chi connectivity index (χ4n) is 2.73. The van der Waals surface area contributed by atoms with E-state index in [1.54, 1.807) is 7.05 Å². The van der Waals surface area contributed by atoms with E-state index in [0.29, 0.717) is 19.1 Å². The Kier molecular flexibility index (Phi) is 5.41. The predicted molar refractivity (Wildman–Crippen MR) is 80.0 cm³/mol. The smallest absolute Gasteiger partial charge is 0.223 e. The minimum absolute atomic E-state index is 0.00942. The van der Waals surface area contributed by atoms with E-state index in [1.807, 2.05) is 6.07 Å². The van der Waals surface area contributed by atoms with Gasteiger partial charge in [-0.1, -0.05) is 13.0 Å². The number of ether oxygens (including phenoxy) is 1. The molecule has 0 fully saturated rings. The summed E-state index contributed by atoms with van der Waals surface area (Å²) in [6.45, 7) is 3.56. The van der Waals surface area contributed by atoms with Crippen molar-refractivity contribution in [3.63, 3.8) is 0 Å². The van der Waals surface area contributed by atoms with Gasteiger partial charge in [-0.15, -0.1) is 0 Å². The molecule has 0 aliphatic heterocycles. The van der Waals surface area contributed by atoms with Gasteiger partial charge in [-0.05, 0) is 49.1 Å². The number of benzene rings is 1. The second-order valence-electron chi connectivity index (χ2n) is 5.13. The second-order valence-corrected chi connectivity index (χ2v) is 5.13. The van der Waals surface area contributed by atoms with Crippen LogP contribution in [0.2, 0.25) is 0 Å². The van der Waals surface area contributed by atoms with Gasteiger partial charge in [0.25, 0.3) is 0 Å². The molecule has 20 heavy (non-hydrogen) atoms. The molecule has 0 aromatic heterocycles. The number of nitrogens with one attached hydrogen (secondary N) is 2. The molecule has 1 amide bonds. The highest BCUT2D eigenvalue weighted by atomic mass is 16.5. The van der Waals surface area contributed by atoms with E-state index < -0.39 is 0 Å². The summed E-state index contributed by atoms with van der Waals surface area (Å²) < 4.78 is 5.66. The van der Waals surface area contributed by atoms with Crippen LogP contribution < -0.4 is 15.4 Å². The Hall–Kier alpha value is -1.55. The van der Waals surface area contributed by atoms with Crippen LogP contribution in [0.3, 0.4) is 0 Å². The van der Waals surface area contributed by atoms with Gasteiger partial charge in [-0.3, -0.25) is 4.79 Å². The molecule has 0 spiro atoms. The lowest BCUT2D eigenvalue weighted by Crippen LogP contribution is -2.24. The fraction of sp³-hybridized carbons (Fsp3) is 0.562. The third kappa shape index (κ3) is 3.73. The molecule has 1 atom stereocenters. The summed E-state index contributed by atoms with van der Waals surface area (Å²) in [5, 5.41) is 6.13. The molecule has 1 aromatic rings. The van der Waals surface area contributed by atoms with Crippen molar-refractivity contribution in [1.29, 1.82) is 0 Å². The molecule has 2 N–H and O–H groups in total. The summed E-state index contributed by atoms with van der Waals surface area (Å²) in [7, 11) is 1.64. The quantitative estimate of drug-likeness (QED) is 0.837. The number of rotatable bonds is 6. The lowest BCUT2D eigenvalue weighted by Gasteiger charge is -2.26. The Balaban J connectivity index is 1.98. The molecule has 1 aromatic carbocycles. The van der Waals surface area contributed by atoms with Gasteiger partial charge in [0.15, 0.2) is 0 Å². The molecular formula is C16H24N2O2. The maximum absolute atomic E-state index is 11.2. The lowest BCUT2D eigenvalue weighted by atomic mass is 9.87. The van der Waals surface area contributed by atoms with Gasteiger partial charge in [0.2, 0.25) is 5.91 Å². The van der Waals surface area contributed by atoms with E-state index in [2.05, 4.69) is 29.7 Å². The normalized spacial score (nSPS) is 17.4. The lowest BCUT2D eigenvalue weighted by molar-refractivity contribution is -0.121. The van der Waals surface area contributed by atoms with Crippen molar-refractivity contribution in [2.45, 2.75) is 38.6 Å². The first-order chi connectivity index (χ1) is 9.74. The minimum atomic E-state index is 0.00942. The predicted octanol–water partition coefficient (Wildman–Crippen LogP) is 2.19. The minimum Gasteiger partial charge on any atom is -0.493 e. The van der Waals surface area contributed by atoms with Crippen LogP contribution in [0, 0.1) is 0 Å². The van der Waals surface area contributed by atoms with Crippen molar-refractivity contribution in [2.75, 3.05) is 20.2 Å². The van der Waals surface area contributed by atoms with Crippen LogP contribution in [0.1, 0.15) is 43.4 Å². The van der Waals surface area contributed by atoms with Crippen LogP contribution in [-0.4, -0.2) is 26.1 Å². The van der Waals surface area contributed by atoms with Gasteiger partial charge in [0, 0.05) is 13.1 Å². The van der Waals surface area contributed by atoms with Crippen molar-refractivity contribution in [1.82, 2.24) is 10.6 Å². The zero-order valence-corrected chi connectivity index (χ0v) is 12.4. The molecule has 2 rings (SSSR count). The van der Waals surface area contributed by atoms with Gasteiger partial charge in [-0.25, -0.2) is 0 Å². The number of hydrogen-bond acceptors (Lipinski definition) is 3. The van der Waals surface area contributed by atoms with Crippen LogP contribution in [0.5, 0.6) is 5.75 Å². The first-order valence-corrected chi connectivity index (χ1v) is 7.44. The first-order valence-electron chi connectivity index (χ1n) is 7.44. The third-order valence-electron chi connectivity index (χ3n) is 3.76. The van der Waals surface area contributed by atoms with Gasteiger partial charge in [0.1, 0.15) is 5.75 Å². The Bertz CT molecular complexity index is 460. The second kappa shape index (κ2) is 7.29. The fourth-order valence-corrected chi connectivity index (χ4v) is 2.73. The van der Waals surface area contributed by atoms with Gasteiger partial charge in [0.05, 0.1) is 13.0 Å². The Morgan fingerprint density at radius 2 is 2.30 bits per heavy atom. The molecular weight excluding hydrogens is 252 g/mol. The number of fused-ring (bicyclic) bond motifs is 1. The van der Waals surface area contributed by atoms with Crippen LogP contribution in [0.4, 0.5) is 0 Å². The largest absolute Gasteiger partial charge is 0.493 e.